The highest BCUT2D eigenvalue weighted by Crippen LogP contribution is 2.22. The molecule has 1 heterocycles. The molecule has 4 nitrogen and oxygen atoms in total. The van der Waals surface area contributed by atoms with Gasteiger partial charge in [0.25, 0.3) is 0 Å². The maximum absolute atomic E-state index is 13.3. The fourth-order valence-corrected chi connectivity index (χ4v) is 1.82. The standard InChI is InChI=1S/C15H18FN3O/c1-2-13(17)9-11-8-12(16)4-5-14(11)20-10-15-18-6-3-7-19-15/h3-8,13H,2,9-10,17H2,1H3. The molecule has 1 aromatic heterocycles. The molecule has 2 N–H and O–H groups in total. The molecule has 1 atom stereocenters. The van der Waals surface area contributed by atoms with Crippen molar-refractivity contribution in [2.45, 2.75) is 32.4 Å². The van der Waals surface area contributed by atoms with Crippen LogP contribution in [0, 0.1) is 5.82 Å². The molecule has 0 aliphatic rings. The van der Waals surface area contributed by atoms with E-state index in [4.69, 9.17) is 10.5 Å². The summed E-state index contributed by atoms with van der Waals surface area (Å²) in [5, 5.41) is 0. The molecule has 0 aliphatic carbocycles. The number of hydrogen-bond acceptors (Lipinski definition) is 4. The van der Waals surface area contributed by atoms with Crippen LogP contribution in [-0.4, -0.2) is 16.0 Å². The fraction of sp³-hybridized carbons (Fsp3) is 0.333. The van der Waals surface area contributed by atoms with Crippen molar-refractivity contribution in [3.8, 4) is 5.75 Å². The highest BCUT2D eigenvalue weighted by molar-refractivity contribution is 5.34. The molecule has 0 fully saturated rings. The average Bonchev–Trinajstić information content (AvgIpc) is 2.47. The second-order valence-corrected chi connectivity index (χ2v) is 4.58. The van der Waals surface area contributed by atoms with Gasteiger partial charge >= 0.3 is 0 Å². The third-order valence-corrected chi connectivity index (χ3v) is 3.01. The van der Waals surface area contributed by atoms with E-state index >= 15 is 0 Å². The number of rotatable bonds is 6. The van der Waals surface area contributed by atoms with Crippen molar-refractivity contribution in [3.05, 3.63) is 53.9 Å². The Hall–Kier alpha value is -2.01. The number of halogens is 1. The Labute approximate surface area is 117 Å². The summed E-state index contributed by atoms with van der Waals surface area (Å²) in [6, 6.07) is 6.20. The van der Waals surface area contributed by atoms with Crippen LogP contribution in [0.4, 0.5) is 4.39 Å². The van der Waals surface area contributed by atoms with Crippen LogP contribution in [-0.2, 0) is 13.0 Å². The minimum atomic E-state index is -0.286. The molecule has 0 bridgehead atoms. The van der Waals surface area contributed by atoms with Gasteiger partial charge in [0, 0.05) is 18.4 Å². The van der Waals surface area contributed by atoms with Gasteiger partial charge in [0.2, 0.25) is 0 Å². The first-order valence-corrected chi connectivity index (χ1v) is 6.61. The molecule has 5 heteroatoms. The zero-order valence-corrected chi connectivity index (χ0v) is 11.4. The number of aromatic nitrogens is 2. The molecule has 0 aliphatic heterocycles. The molecule has 0 radical (unpaired) electrons. The SMILES string of the molecule is CCC(N)Cc1cc(F)ccc1OCc1ncccn1. The first-order valence-electron chi connectivity index (χ1n) is 6.61. The number of ether oxygens (including phenoxy) is 1. The smallest absolute Gasteiger partial charge is 0.166 e. The van der Waals surface area contributed by atoms with Crippen molar-refractivity contribution in [2.75, 3.05) is 0 Å². The first-order chi connectivity index (χ1) is 9.69. The van der Waals surface area contributed by atoms with Crippen molar-refractivity contribution in [2.24, 2.45) is 5.73 Å². The molecule has 0 saturated heterocycles. The first kappa shape index (κ1) is 14.4. The zero-order valence-electron chi connectivity index (χ0n) is 11.4. The van der Waals surface area contributed by atoms with Gasteiger partial charge in [0.05, 0.1) is 0 Å². The fourth-order valence-electron chi connectivity index (χ4n) is 1.82. The Kier molecular flexibility index (Phi) is 5.01. The summed E-state index contributed by atoms with van der Waals surface area (Å²) in [5.41, 5.74) is 6.70. The van der Waals surface area contributed by atoms with Gasteiger partial charge in [-0.05, 0) is 42.7 Å². The van der Waals surface area contributed by atoms with Gasteiger partial charge in [0.15, 0.2) is 5.82 Å². The van der Waals surface area contributed by atoms with Crippen molar-refractivity contribution < 1.29 is 9.13 Å². The lowest BCUT2D eigenvalue weighted by molar-refractivity contribution is 0.291. The monoisotopic (exact) mass is 275 g/mol. The predicted octanol–water partition coefficient (Wildman–Crippen LogP) is 2.47. The van der Waals surface area contributed by atoms with E-state index in [9.17, 15) is 4.39 Å². The molecule has 106 valence electrons. The van der Waals surface area contributed by atoms with E-state index in [1.807, 2.05) is 6.92 Å². The second kappa shape index (κ2) is 6.96. The highest BCUT2D eigenvalue weighted by Gasteiger charge is 2.10. The third-order valence-electron chi connectivity index (χ3n) is 3.01. The van der Waals surface area contributed by atoms with E-state index in [1.54, 1.807) is 24.5 Å². The van der Waals surface area contributed by atoms with Gasteiger partial charge in [-0.3, -0.25) is 0 Å². The summed E-state index contributed by atoms with van der Waals surface area (Å²) in [7, 11) is 0. The molecular weight excluding hydrogens is 257 g/mol. The van der Waals surface area contributed by atoms with E-state index in [0.717, 1.165) is 12.0 Å². The summed E-state index contributed by atoms with van der Waals surface area (Å²) in [4.78, 5) is 8.17. The Morgan fingerprint density at radius 2 is 2.05 bits per heavy atom. The van der Waals surface area contributed by atoms with Crippen LogP contribution >= 0.6 is 0 Å². The van der Waals surface area contributed by atoms with Crippen molar-refractivity contribution in [1.82, 2.24) is 9.97 Å². The second-order valence-electron chi connectivity index (χ2n) is 4.58. The van der Waals surface area contributed by atoms with E-state index in [2.05, 4.69) is 9.97 Å². The Balaban J connectivity index is 2.10. The third kappa shape index (κ3) is 3.99. The largest absolute Gasteiger partial charge is 0.485 e. The topological polar surface area (TPSA) is 61.0 Å². The lowest BCUT2D eigenvalue weighted by Crippen LogP contribution is -2.21. The van der Waals surface area contributed by atoms with Crippen molar-refractivity contribution >= 4 is 0 Å². The van der Waals surface area contributed by atoms with E-state index in [0.29, 0.717) is 18.0 Å². The van der Waals surface area contributed by atoms with Crippen LogP contribution < -0.4 is 10.5 Å². The van der Waals surface area contributed by atoms with Crippen LogP contribution in [0.3, 0.4) is 0 Å². The van der Waals surface area contributed by atoms with Crippen LogP contribution in [0.25, 0.3) is 0 Å². The summed E-state index contributed by atoms with van der Waals surface area (Å²) in [5.74, 6) is 0.928. The van der Waals surface area contributed by atoms with E-state index in [1.165, 1.54) is 12.1 Å². The number of nitrogens with two attached hydrogens (primary N) is 1. The maximum Gasteiger partial charge on any atom is 0.166 e. The Morgan fingerprint density at radius 3 is 2.75 bits per heavy atom. The van der Waals surface area contributed by atoms with Crippen LogP contribution in [0.15, 0.2) is 36.7 Å². The summed E-state index contributed by atoms with van der Waals surface area (Å²) in [6.07, 6.45) is 4.73. The maximum atomic E-state index is 13.3. The quantitative estimate of drug-likeness (QED) is 0.879. The van der Waals surface area contributed by atoms with Gasteiger partial charge in [-0.1, -0.05) is 6.92 Å². The van der Waals surface area contributed by atoms with Gasteiger partial charge in [0.1, 0.15) is 18.2 Å². The normalized spacial score (nSPS) is 12.2. The van der Waals surface area contributed by atoms with Gasteiger partial charge in [-0.2, -0.15) is 0 Å². The summed E-state index contributed by atoms with van der Waals surface area (Å²) in [6.45, 7) is 2.25. The molecule has 2 rings (SSSR count). The van der Waals surface area contributed by atoms with Gasteiger partial charge in [-0.25, -0.2) is 14.4 Å². The molecule has 2 aromatic rings. The number of benzene rings is 1. The Bertz CT molecular complexity index is 548. The van der Waals surface area contributed by atoms with Crippen molar-refractivity contribution in [1.29, 1.82) is 0 Å². The minimum absolute atomic E-state index is 0.00729. The Morgan fingerprint density at radius 1 is 1.30 bits per heavy atom. The van der Waals surface area contributed by atoms with Gasteiger partial charge < -0.3 is 10.5 Å². The molecule has 20 heavy (non-hydrogen) atoms. The van der Waals surface area contributed by atoms with E-state index < -0.39 is 0 Å². The van der Waals surface area contributed by atoms with E-state index in [-0.39, 0.29) is 18.5 Å². The van der Waals surface area contributed by atoms with Crippen molar-refractivity contribution in [3.63, 3.8) is 0 Å². The lowest BCUT2D eigenvalue weighted by Gasteiger charge is -2.14. The summed E-state index contributed by atoms with van der Waals surface area (Å²) >= 11 is 0. The highest BCUT2D eigenvalue weighted by atomic mass is 19.1. The molecule has 0 saturated carbocycles. The van der Waals surface area contributed by atoms with Crippen LogP contribution in [0.1, 0.15) is 24.7 Å². The molecule has 0 spiro atoms. The number of hydrogen-bond donors (Lipinski definition) is 1. The molecule has 1 aromatic carbocycles. The summed E-state index contributed by atoms with van der Waals surface area (Å²) < 4.78 is 19.0. The molecular formula is C15H18FN3O. The average molecular weight is 275 g/mol. The minimum Gasteiger partial charge on any atom is -0.485 e. The predicted molar refractivity (Wildman–Crippen MR) is 74.7 cm³/mol. The lowest BCUT2D eigenvalue weighted by atomic mass is 10.0. The van der Waals surface area contributed by atoms with Crippen LogP contribution in [0.5, 0.6) is 5.75 Å². The number of nitrogens with zero attached hydrogens (tertiary/aromatic N) is 2. The zero-order chi connectivity index (χ0) is 14.4. The molecule has 1 unspecified atom stereocenters. The molecule has 0 amide bonds. The van der Waals surface area contributed by atoms with Gasteiger partial charge in [-0.15, -0.1) is 0 Å². The van der Waals surface area contributed by atoms with Crippen LogP contribution in [0.2, 0.25) is 0 Å².